The van der Waals surface area contributed by atoms with E-state index in [1.54, 1.807) is 11.4 Å². The molecule has 1 rings (SSSR count). The first-order chi connectivity index (χ1) is 9.97. The molecule has 2 N–H and O–H groups in total. The number of aliphatic hydroxyl groups excluding tert-OH is 1. The highest BCUT2D eigenvalue weighted by Crippen LogP contribution is 2.14. The smallest absolute Gasteiger partial charge is 0.328 e. The van der Waals surface area contributed by atoms with Gasteiger partial charge in [-0.1, -0.05) is 25.7 Å². The highest BCUT2D eigenvalue weighted by Gasteiger charge is 2.23. The fraction of sp³-hybridized carbons (Fsp3) is 0.467. The summed E-state index contributed by atoms with van der Waals surface area (Å²) in [7, 11) is 1.30. The van der Waals surface area contributed by atoms with Gasteiger partial charge in [0.05, 0.1) is 17.6 Å². The maximum absolute atomic E-state index is 12.1. The quantitative estimate of drug-likeness (QED) is 0.637. The first-order valence-corrected chi connectivity index (χ1v) is 7.42. The van der Waals surface area contributed by atoms with Gasteiger partial charge in [0, 0.05) is 5.38 Å². The second-order valence-electron chi connectivity index (χ2n) is 4.84. The van der Waals surface area contributed by atoms with Gasteiger partial charge >= 0.3 is 5.97 Å². The number of esters is 1. The van der Waals surface area contributed by atoms with E-state index in [1.165, 1.54) is 18.4 Å². The van der Waals surface area contributed by atoms with Gasteiger partial charge in [-0.05, 0) is 18.4 Å². The van der Waals surface area contributed by atoms with E-state index in [-0.39, 0.29) is 18.4 Å². The number of hydrogen-bond donors (Lipinski definition) is 2. The Hall–Kier alpha value is -1.84. The van der Waals surface area contributed by atoms with Gasteiger partial charge in [0.25, 0.3) is 5.91 Å². The van der Waals surface area contributed by atoms with Crippen molar-refractivity contribution in [3.8, 4) is 11.8 Å². The number of hydrogen-bond acceptors (Lipinski definition) is 5. The first-order valence-electron chi connectivity index (χ1n) is 6.54. The third kappa shape index (κ3) is 5.58. The van der Waals surface area contributed by atoms with E-state index in [9.17, 15) is 9.59 Å². The lowest BCUT2D eigenvalue weighted by molar-refractivity contribution is -0.143. The molecule has 1 amide bonds. The van der Waals surface area contributed by atoms with E-state index >= 15 is 0 Å². The predicted molar refractivity (Wildman–Crippen MR) is 81.0 cm³/mol. The fourth-order valence-corrected chi connectivity index (χ4v) is 2.47. The molecule has 0 aromatic carbocycles. The Labute approximate surface area is 128 Å². The van der Waals surface area contributed by atoms with Crippen LogP contribution in [0.3, 0.4) is 0 Å². The van der Waals surface area contributed by atoms with Gasteiger partial charge in [-0.15, -0.1) is 11.3 Å². The van der Waals surface area contributed by atoms with E-state index in [4.69, 9.17) is 9.84 Å². The van der Waals surface area contributed by atoms with E-state index < -0.39 is 12.0 Å². The lowest BCUT2D eigenvalue weighted by Gasteiger charge is -2.17. The van der Waals surface area contributed by atoms with Crippen molar-refractivity contribution in [3.05, 3.63) is 21.9 Å². The first kappa shape index (κ1) is 17.2. The number of methoxy groups -OCH3 is 1. The summed E-state index contributed by atoms with van der Waals surface area (Å²) in [5.74, 6) is 4.72. The van der Waals surface area contributed by atoms with Crippen LogP contribution < -0.4 is 5.32 Å². The molecule has 1 heterocycles. The van der Waals surface area contributed by atoms with E-state index in [1.807, 2.05) is 13.8 Å². The number of ether oxygens (including phenoxy) is 1. The molecular weight excluding hydrogens is 290 g/mol. The molecule has 0 saturated carbocycles. The van der Waals surface area contributed by atoms with Crippen LogP contribution >= 0.6 is 11.3 Å². The van der Waals surface area contributed by atoms with Crippen LogP contribution in [0.4, 0.5) is 0 Å². The summed E-state index contributed by atoms with van der Waals surface area (Å²) >= 11 is 1.31. The van der Waals surface area contributed by atoms with Gasteiger partial charge in [-0.3, -0.25) is 4.79 Å². The van der Waals surface area contributed by atoms with Crippen molar-refractivity contribution in [2.24, 2.45) is 5.92 Å². The Bertz CT molecular complexity index is 554. The lowest BCUT2D eigenvalue weighted by atomic mass is 10.0. The summed E-state index contributed by atoms with van der Waals surface area (Å²) in [4.78, 5) is 24.5. The minimum absolute atomic E-state index is 0.224. The molecule has 0 bridgehead atoms. The van der Waals surface area contributed by atoms with Crippen LogP contribution in [0.25, 0.3) is 0 Å². The fourth-order valence-electron chi connectivity index (χ4n) is 1.72. The van der Waals surface area contributed by atoms with Crippen LogP contribution in [0.1, 0.15) is 35.5 Å². The molecule has 0 radical (unpaired) electrons. The Morgan fingerprint density at radius 1 is 1.48 bits per heavy atom. The molecular formula is C15H19NO4S. The number of nitrogens with one attached hydrogen (secondary N) is 1. The van der Waals surface area contributed by atoms with Gasteiger partial charge in [0.15, 0.2) is 0 Å². The number of amides is 1. The highest BCUT2D eigenvalue weighted by molar-refractivity contribution is 7.10. The average Bonchev–Trinajstić information content (AvgIpc) is 2.91. The zero-order valence-electron chi connectivity index (χ0n) is 12.3. The number of aliphatic hydroxyl groups is 1. The van der Waals surface area contributed by atoms with Gasteiger partial charge in [0.2, 0.25) is 0 Å². The second kappa shape index (κ2) is 8.45. The molecule has 5 nitrogen and oxygen atoms in total. The molecule has 1 unspecified atom stereocenters. The summed E-state index contributed by atoms with van der Waals surface area (Å²) in [6.07, 6.45) is 0.514. The average molecular weight is 309 g/mol. The number of carbonyl (C=O) groups excluding carboxylic acids is 2. The molecule has 0 fully saturated rings. The minimum atomic E-state index is -0.658. The zero-order valence-corrected chi connectivity index (χ0v) is 13.1. The monoisotopic (exact) mass is 309 g/mol. The SMILES string of the molecule is COC(=O)C(CC(C)C)NC(=O)c1csc(C#CCO)c1. The van der Waals surface area contributed by atoms with Crippen molar-refractivity contribution >= 4 is 23.2 Å². The number of thiophene rings is 1. The Morgan fingerprint density at radius 2 is 2.19 bits per heavy atom. The van der Waals surface area contributed by atoms with Gasteiger partial charge in [-0.25, -0.2) is 4.79 Å². The molecule has 1 aromatic rings. The van der Waals surface area contributed by atoms with Crippen molar-refractivity contribution in [3.63, 3.8) is 0 Å². The molecule has 0 aliphatic carbocycles. The summed E-state index contributed by atoms with van der Waals surface area (Å²) in [5.41, 5.74) is 0.444. The van der Waals surface area contributed by atoms with Crippen LogP contribution in [-0.4, -0.2) is 36.7 Å². The number of rotatable bonds is 5. The third-order valence-electron chi connectivity index (χ3n) is 2.65. The minimum Gasteiger partial charge on any atom is -0.467 e. The van der Waals surface area contributed by atoms with E-state index in [0.29, 0.717) is 16.9 Å². The van der Waals surface area contributed by atoms with E-state index in [0.717, 1.165) is 0 Å². The topological polar surface area (TPSA) is 75.6 Å². The van der Waals surface area contributed by atoms with Crippen molar-refractivity contribution < 1.29 is 19.4 Å². The van der Waals surface area contributed by atoms with Crippen molar-refractivity contribution in [1.29, 1.82) is 0 Å². The van der Waals surface area contributed by atoms with Gasteiger partial charge < -0.3 is 15.2 Å². The van der Waals surface area contributed by atoms with Crippen LogP contribution in [0, 0.1) is 17.8 Å². The molecule has 0 saturated heterocycles. The van der Waals surface area contributed by atoms with Crippen LogP contribution in [0.5, 0.6) is 0 Å². The van der Waals surface area contributed by atoms with Crippen LogP contribution in [0.2, 0.25) is 0 Å². The molecule has 6 heteroatoms. The predicted octanol–water partition coefficient (Wildman–Crippen LogP) is 1.41. The summed E-state index contributed by atoms with van der Waals surface area (Å²) < 4.78 is 4.71. The van der Waals surface area contributed by atoms with Crippen molar-refractivity contribution in [2.75, 3.05) is 13.7 Å². The highest BCUT2D eigenvalue weighted by atomic mass is 32.1. The number of carbonyl (C=O) groups is 2. The third-order valence-corrected chi connectivity index (χ3v) is 3.50. The lowest BCUT2D eigenvalue weighted by Crippen LogP contribution is -2.42. The Balaban J connectivity index is 2.77. The maximum Gasteiger partial charge on any atom is 0.328 e. The molecule has 0 aliphatic rings. The Morgan fingerprint density at radius 3 is 2.76 bits per heavy atom. The standard InChI is InChI=1S/C15H19NO4S/c1-10(2)7-13(15(19)20-3)16-14(18)11-8-12(21-9-11)5-4-6-17/h8-10,13,17H,6-7H2,1-3H3,(H,16,18). The molecule has 21 heavy (non-hydrogen) atoms. The van der Waals surface area contributed by atoms with Crippen molar-refractivity contribution in [1.82, 2.24) is 5.32 Å². The largest absolute Gasteiger partial charge is 0.467 e. The summed E-state index contributed by atoms with van der Waals surface area (Å²) in [6.45, 7) is 3.71. The molecule has 0 spiro atoms. The normalized spacial score (nSPS) is 11.5. The molecule has 114 valence electrons. The Kier molecular flexibility index (Phi) is 6.92. The van der Waals surface area contributed by atoms with Gasteiger partial charge in [-0.2, -0.15) is 0 Å². The molecule has 1 atom stereocenters. The molecule has 1 aromatic heterocycles. The maximum atomic E-state index is 12.1. The summed E-state index contributed by atoms with van der Waals surface area (Å²) in [5, 5.41) is 13.0. The summed E-state index contributed by atoms with van der Waals surface area (Å²) in [6, 6.07) is 0.973. The zero-order chi connectivity index (χ0) is 15.8. The van der Waals surface area contributed by atoms with Crippen LogP contribution in [-0.2, 0) is 9.53 Å². The van der Waals surface area contributed by atoms with E-state index in [2.05, 4.69) is 17.2 Å². The van der Waals surface area contributed by atoms with Gasteiger partial charge in [0.1, 0.15) is 12.6 Å². The van der Waals surface area contributed by atoms with Crippen molar-refractivity contribution in [2.45, 2.75) is 26.3 Å². The second-order valence-corrected chi connectivity index (χ2v) is 5.75. The molecule has 0 aliphatic heterocycles. The van der Waals surface area contributed by atoms with Crippen LogP contribution in [0.15, 0.2) is 11.4 Å².